The van der Waals surface area contributed by atoms with Gasteiger partial charge in [0.15, 0.2) is 0 Å². The molecule has 0 aliphatic carbocycles. The van der Waals surface area contributed by atoms with Crippen LogP contribution in [0.2, 0.25) is 0 Å². The molecule has 58 valence electrons. The van der Waals surface area contributed by atoms with Crippen LogP contribution in [0.1, 0.15) is 0 Å². The van der Waals surface area contributed by atoms with Gasteiger partial charge in [-0.3, -0.25) is 0 Å². The van der Waals surface area contributed by atoms with Crippen LogP contribution in [-0.2, 0) is 4.43 Å². The van der Waals surface area contributed by atoms with Gasteiger partial charge in [-0.1, -0.05) is 36.0 Å². The van der Waals surface area contributed by atoms with E-state index in [9.17, 15) is 0 Å². The summed E-state index contributed by atoms with van der Waals surface area (Å²) in [5, 5.41) is 1.28. The highest BCUT2D eigenvalue weighted by Crippen LogP contribution is 1.89. The monoisotopic (exact) mass is 164 g/mol. The lowest BCUT2D eigenvalue weighted by molar-refractivity contribution is 0.438. The van der Waals surface area contributed by atoms with Gasteiger partial charge >= 0.3 is 0 Å². The third-order valence-corrected chi connectivity index (χ3v) is 3.57. The quantitative estimate of drug-likeness (QED) is 0.605. The second kappa shape index (κ2) is 4.11. The van der Waals surface area contributed by atoms with Gasteiger partial charge in [0.25, 0.3) is 0 Å². The van der Waals surface area contributed by atoms with Gasteiger partial charge in [0.2, 0.25) is 9.04 Å². The largest absolute Gasteiger partial charge is 0.415 e. The van der Waals surface area contributed by atoms with Crippen molar-refractivity contribution in [3.63, 3.8) is 0 Å². The zero-order chi connectivity index (χ0) is 8.10. The number of hydrogen-bond donors (Lipinski definition) is 0. The zero-order valence-corrected chi connectivity index (χ0v) is 7.81. The molecule has 1 atom stereocenters. The minimum atomic E-state index is -1.29. The third-order valence-electron chi connectivity index (χ3n) is 1.60. The minimum Gasteiger partial charge on any atom is -0.415 e. The fourth-order valence-electron chi connectivity index (χ4n) is 1.01. The van der Waals surface area contributed by atoms with E-state index in [1.807, 2.05) is 23.9 Å². The van der Waals surface area contributed by atoms with E-state index in [0.717, 1.165) is 0 Å². The molecule has 0 aliphatic rings. The van der Waals surface area contributed by atoms with Crippen molar-refractivity contribution >= 4 is 14.2 Å². The molecule has 0 aliphatic heterocycles. The fourth-order valence-corrected chi connectivity index (χ4v) is 2.35. The van der Waals surface area contributed by atoms with Crippen LogP contribution in [0.4, 0.5) is 0 Å². The maximum Gasteiger partial charge on any atom is 0.231 e. The molecule has 0 aromatic heterocycles. The molecule has 0 radical (unpaired) electrons. The molecule has 0 saturated heterocycles. The van der Waals surface area contributed by atoms with Crippen molar-refractivity contribution in [3.05, 3.63) is 42.6 Å². The normalized spacial score (nSPS) is 12.5. The second-order valence-electron chi connectivity index (χ2n) is 2.30. The summed E-state index contributed by atoms with van der Waals surface area (Å²) in [4.78, 5) is 0. The molecule has 0 heterocycles. The summed E-state index contributed by atoms with van der Waals surface area (Å²) in [5.41, 5.74) is 1.93. The highest BCUT2D eigenvalue weighted by Gasteiger charge is 2.05. The molecule has 1 nitrogen and oxygen atoms in total. The lowest BCUT2D eigenvalue weighted by Crippen LogP contribution is -2.29. The maximum atomic E-state index is 5.31. The van der Waals surface area contributed by atoms with Crippen LogP contribution in [0.15, 0.2) is 42.6 Å². The Balaban J connectivity index is 2.82. The molecular weight excluding hydrogens is 152 g/mol. The van der Waals surface area contributed by atoms with E-state index < -0.39 is 9.04 Å². The van der Waals surface area contributed by atoms with E-state index in [-0.39, 0.29) is 0 Å². The molecule has 1 aromatic rings. The van der Waals surface area contributed by atoms with Gasteiger partial charge in [-0.15, -0.1) is 6.58 Å². The van der Waals surface area contributed by atoms with Crippen molar-refractivity contribution in [3.8, 4) is 0 Å². The average Bonchev–Trinajstić information content (AvgIpc) is 2.09. The Hall–Kier alpha value is -0.863. The van der Waals surface area contributed by atoms with Gasteiger partial charge in [0.1, 0.15) is 0 Å². The second-order valence-corrected chi connectivity index (χ2v) is 4.75. The Bertz CT molecular complexity index is 220. The molecule has 0 amide bonds. The minimum absolute atomic E-state index is 1.28. The van der Waals surface area contributed by atoms with E-state index in [1.165, 1.54) is 5.19 Å². The molecule has 0 spiro atoms. The van der Waals surface area contributed by atoms with Crippen molar-refractivity contribution in [2.24, 2.45) is 0 Å². The highest BCUT2D eigenvalue weighted by atomic mass is 28.3. The standard InChI is InChI=1S/C9H12OSi/c1-3-11(10-2)9-7-5-4-6-8-9/h3-8,11H,1H2,2H3. The first-order valence-corrected chi connectivity index (χ1v) is 5.30. The first-order chi connectivity index (χ1) is 5.38. The topological polar surface area (TPSA) is 9.23 Å². The molecule has 1 unspecified atom stereocenters. The summed E-state index contributed by atoms with van der Waals surface area (Å²) in [5.74, 6) is 0. The highest BCUT2D eigenvalue weighted by molar-refractivity contribution is 6.71. The van der Waals surface area contributed by atoms with E-state index >= 15 is 0 Å². The lowest BCUT2D eigenvalue weighted by atomic mass is 10.4. The summed E-state index contributed by atoms with van der Waals surface area (Å²) in [6.45, 7) is 3.74. The Morgan fingerprint density at radius 2 is 2.00 bits per heavy atom. The first-order valence-electron chi connectivity index (χ1n) is 3.58. The SMILES string of the molecule is C=C[SiH](OC)c1ccccc1. The summed E-state index contributed by atoms with van der Waals surface area (Å²) >= 11 is 0. The Kier molecular flexibility index (Phi) is 3.07. The summed E-state index contributed by atoms with van der Waals surface area (Å²) in [6.07, 6.45) is 0. The smallest absolute Gasteiger partial charge is 0.231 e. The maximum absolute atomic E-state index is 5.31. The zero-order valence-electron chi connectivity index (χ0n) is 6.66. The molecule has 0 fully saturated rings. The van der Waals surface area contributed by atoms with Gasteiger partial charge in [-0.2, -0.15) is 0 Å². The van der Waals surface area contributed by atoms with Crippen molar-refractivity contribution in [2.45, 2.75) is 0 Å². The van der Waals surface area contributed by atoms with Crippen molar-refractivity contribution in [1.82, 2.24) is 0 Å². The van der Waals surface area contributed by atoms with Crippen LogP contribution in [0.25, 0.3) is 0 Å². The van der Waals surface area contributed by atoms with E-state index in [1.54, 1.807) is 7.11 Å². The van der Waals surface area contributed by atoms with Crippen LogP contribution in [0.5, 0.6) is 0 Å². The van der Waals surface area contributed by atoms with Crippen molar-refractivity contribution in [2.75, 3.05) is 7.11 Å². The third kappa shape index (κ3) is 2.03. The lowest BCUT2D eigenvalue weighted by Gasteiger charge is -2.07. The molecule has 0 N–H and O–H groups in total. The summed E-state index contributed by atoms with van der Waals surface area (Å²) < 4.78 is 5.31. The van der Waals surface area contributed by atoms with Crippen molar-refractivity contribution < 1.29 is 4.43 Å². The van der Waals surface area contributed by atoms with Gasteiger partial charge < -0.3 is 4.43 Å². The van der Waals surface area contributed by atoms with Crippen LogP contribution >= 0.6 is 0 Å². The van der Waals surface area contributed by atoms with Crippen LogP contribution in [-0.4, -0.2) is 16.2 Å². The fraction of sp³-hybridized carbons (Fsp3) is 0.111. The Morgan fingerprint density at radius 1 is 1.36 bits per heavy atom. The van der Waals surface area contributed by atoms with Gasteiger partial charge in [0.05, 0.1) is 0 Å². The number of benzene rings is 1. The van der Waals surface area contributed by atoms with Gasteiger partial charge in [-0.25, -0.2) is 0 Å². The van der Waals surface area contributed by atoms with Gasteiger partial charge in [0, 0.05) is 7.11 Å². The van der Waals surface area contributed by atoms with Gasteiger partial charge in [-0.05, 0) is 5.19 Å². The van der Waals surface area contributed by atoms with Crippen LogP contribution < -0.4 is 5.19 Å². The Morgan fingerprint density at radius 3 is 2.45 bits per heavy atom. The first kappa shape index (κ1) is 8.24. The van der Waals surface area contributed by atoms with E-state index in [0.29, 0.717) is 0 Å². The number of rotatable bonds is 3. The molecular formula is C9H12OSi. The van der Waals surface area contributed by atoms with Crippen LogP contribution in [0.3, 0.4) is 0 Å². The summed E-state index contributed by atoms with van der Waals surface area (Å²) in [6, 6.07) is 10.2. The predicted octanol–water partition coefficient (Wildman–Crippen LogP) is 0.989. The molecule has 11 heavy (non-hydrogen) atoms. The average molecular weight is 164 g/mol. The summed E-state index contributed by atoms with van der Waals surface area (Å²) in [7, 11) is 0.455. The van der Waals surface area contributed by atoms with Crippen molar-refractivity contribution in [1.29, 1.82) is 0 Å². The van der Waals surface area contributed by atoms with E-state index in [4.69, 9.17) is 4.43 Å². The van der Waals surface area contributed by atoms with Crippen LogP contribution in [0, 0.1) is 0 Å². The predicted molar refractivity (Wildman–Crippen MR) is 50.4 cm³/mol. The molecule has 1 aromatic carbocycles. The molecule has 2 heteroatoms. The Labute approximate surface area is 69.1 Å². The van der Waals surface area contributed by atoms with E-state index in [2.05, 4.69) is 18.7 Å². The molecule has 0 bridgehead atoms. The number of hydrogen-bond acceptors (Lipinski definition) is 1. The molecule has 0 saturated carbocycles. The molecule has 1 rings (SSSR count).